The molecule has 0 aliphatic heterocycles. The number of nitrogens with zero attached hydrogens (tertiary/aromatic N) is 5. The zero-order valence-corrected chi connectivity index (χ0v) is 10.1. The normalized spacial score (nSPS) is 9.89. The molecule has 19 heavy (non-hydrogen) atoms. The monoisotopic (exact) mass is 258 g/mol. The van der Waals surface area contributed by atoms with Crippen molar-refractivity contribution in [3.63, 3.8) is 0 Å². The van der Waals surface area contributed by atoms with Crippen molar-refractivity contribution in [2.45, 2.75) is 6.54 Å². The van der Waals surface area contributed by atoms with E-state index >= 15 is 0 Å². The maximum absolute atomic E-state index is 10.9. The smallest absolute Gasteiger partial charge is 0.292 e. The van der Waals surface area contributed by atoms with E-state index in [4.69, 9.17) is 5.26 Å². The summed E-state index contributed by atoms with van der Waals surface area (Å²) in [4.78, 5) is 14.3. The Balaban J connectivity index is 2.37. The zero-order valence-electron chi connectivity index (χ0n) is 10.1. The molecule has 0 aliphatic carbocycles. The molecule has 8 heteroatoms. The van der Waals surface area contributed by atoms with Crippen molar-refractivity contribution >= 4 is 11.4 Å². The summed E-state index contributed by atoms with van der Waals surface area (Å²) >= 11 is 0. The van der Waals surface area contributed by atoms with Crippen molar-refractivity contribution in [1.29, 1.82) is 5.26 Å². The zero-order chi connectivity index (χ0) is 13.8. The Hall–Kier alpha value is -2.95. The maximum atomic E-state index is 10.9. The fourth-order valence-corrected chi connectivity index (χ4v) is 1.76. The summed E-state index contributed by atoms with van der Waals surface area (Å²) in [6.45, 7) is 0.298. The van der Waals surface area contributed by atoms with Gasteiger partial charge in [0, 0.05) is 18.7 Å². The first-order chi connectivity index (χ1) is 9.15. The van der Waals surface area contributed by atoms with Crippen LogP contribution in [0.4, 0.5) is 11.4 Å². The van der Waals surface area contributed by atoms with Crippen LogP contribution >= 0.6 is 0 Å². The molecule has 96 valence electrons. The third-order valence-corrected chi connectivity index (χ3v) is 2.54. The number of benzene rings is 1. The third-order valence-electron chi connectivity index (χ3n) is 2.54. The van der Waals surface area contributed by atoms with Crippen LogP contribution in [0.1, 0.15) is 11.4 Å². The lowest BCUT2D eigenvalue weighted by atomic mass is 10.1. The molecular formula is C11H10N6O2. The van der Waals surface area contributed by atoms with Gasteiger partial charge in [-0.3, -0.25) is 10.1 Å². The van der Waals surface area contributed by atoms with Gasteiger partial charge in [0.15, 0.2) is 0 Å². The number of para-hydroxylation sites is 1. The van der Waals surface area contributed by atoms with E-state index in [0.717, 1.165) is 0 Å². The number of aromatic nitrogens is 3. The third kappa shape index (κ3) is 2.50. The lowest BCUT2D eigenvalue weighted by molar-refractivity contribution is -0.384. The molecule has 0 unspecified atom stereocenters. The Kier molecular flexibility index (Phi) is 3.38. The Morgan fingerprint density at radius 3 is 2.95 bits per heavy atom. The van der Waals surface area contributed by atoms with Crippen molar-refractivity contribution in [3.8, 4) is 6.07 Å². The Morgan fingerprint density at radius 1 is 1.58 bits per heavy atom. The highest BCUT2D eigenvalue weighted by Crippen LogP contribution is 2.28. The minimum absolute atomic E-state index is 0.000576. The van der Waals surface area contributed by atoms with E-state index in [1.54, 1.807) is 19.2 Å². The molecule has 0 saturated heterocycles. The van der Waals surface area contributed by atoms with Crippen LogP contribution in [0.2, 0.25) is 0 Å². The van der Waals surface area contributed by atoms with Crippen molar-refractivity contribution in [3.05, 3.63) is 46.0 Å². The second-order valence-electron chi connectivity index (χ2n) is 3.70. The second-order valence-corrected chi connectivity index (χ2v) is 3.70. The molecule has 0 radical (unpaired) electrons. The molecule has 0 saturated carbocycles. The molecule has 0 spiro atoms. The molecular weight excluding hydrogens is 248 g/mol. The van der Waals surface area contributed by atoms with Crippen LogP contribution in [0, 0.1) is 21.4 Å². The minimum Gasteiger partial charge on any atom is -0.382 e. The topological polar surface area (TPSA) is 110 Å². The molecule has 0 amide bonds. The molecule has 2 aromatic rings. The molecule has 0 atom stereocenters. The standard InChI is InChI=1S/C11H10N6O2/c1-13-11-8(3-2-4-9(11)17(18)19)6-16-7-14-10(5-12)15-16/h2-4,7,13H,6H2,1H3. The predicted molar refractivity (Wildman–Crippen MR) is 66.5 cm³/mol. The predicted octanol–water partition coefficient (Wildman–Crippen LogP) is 1.15. The molecule has 0 bridgehead atoms. The van der Waals surface area contributed by atoms with Gasteiger partial charge in [-0.25, -0.2) is 9.67 Å². The van der Waals surface area contributed by atoms with E-state index in [2.05, 4.69) is 15.4 Å². The molecule has 0 aliphatic rings. The fraction of sp³-hybridized carbons (Fsp3) is 0.182. The van der Waals surface area contributed by atoms with Gasteiger partial charge in [-0.05, 0) is 0 Å². The van der Waals surface area contributed by atoms with Crippen LogP contribution in [-0.2, 0) is 6.54 Å². The summed E-state index contributed by atoms with van der Waals surface area (Å²) in [6, 6.07) is 6.62. The van der Waals surface area contributed by atoms with Gasteiger partial charge in [-0.15, -0.1) is 5.10 Å². The quantitative estimate of drug-likeness (QED) is 0.650. The van der Waals surface area contributed by atoms with Crippen LogP contribution in [0.15, 0.2) is 24.5 Å². The molecule has 1 aromatic heterocycles. The van der Waals surface area contributed by atoms with Gasteiger partial charge in [-0.1, -0.05) is 12.1 Å². The Morgan fingerprint density at radius 2 is 2.37 bits per heavy atom. The number of anilines is 1. The van der Waals surface area contributed by atoms with Crippen LogP contribution in [0.5, 0.6) is 0 Å². The van der Waals surface area contributed by atoms with Gasteiger partial charge in [0.2, 0.25) is 0 Å². The van der Waals surface area contributed by atoms with Crippen molar-refractivity contribution in [2.24, 2.45) is 0 Å². The summed E-state index contributed by atoms with van der Waals surface area (Å²) in [5.41, 5.74) is 1.13. The SMILES string of the molecule is CNc1c(Cn2cnc(C#N)n2)cccc1[N+](=O)[O-]. The average molecular weight is 258 g/mol. The highest BCUT2D eigenvalue weighted by atomic mass is 16.6. The van der Waals surface area contributed by atoms with Gasteiger partial charge in [0.25, 0.3) is 11.5 Å². The van der Waals surface area contributed by atoms with Gasteiger partial charge < -0.3 is 5.32 Å². The summed E-state index contributed by atoms with van der Waals surface area (Å²) in [5, 5.41) is 26.3. The number of nitrogens with one attached hydrogen (secondary N) is 1. The highest BCUT2D eigenvalue weighted by molar-refractivity contribution is 5.66. The number of nitro benzene ring substituents is 1. The Labute approximate surface area is 108 Å². The average Bonchev–Trinajstić information content (AvgIpc) is 2.86. The number of rotatable bonds is 4. The van der Waals surface area contributed by atoms with Crippen molar-refractivity contribution < 1.29 is 4.92 Å². The van der Waals surface area contributed by atoms with Crippen LogP contribution < -0.4 is 5.32 Å². The lowest BCUT2D eigenvalue weighted by Crippen LogP contribution is -2.06. The highest BCUT2D eigenvalue weighted by Gasteiger charge is 2.16. The van der Waals surface area contributed by atoms with Crippen LogP contribution in [0.3, 0.4) is 0 Å². The second kappa shape index (κ2) is 5.14. The number of hydrogen-bond acceptors (Lipinski definition) is 6. The summed E-state index contributed by atoms with van der Waals surface area (Å²) in [6.07, 6.45) is 1.41. The van der Waals surface area contributed by atoms with E-state index in [1.807, 2.05) is 6.07 Å². The first kappa shape index (κ1) is 12.5. The van der Waals surface area contributed by atoms with Gasteiger partial charge >= 0.3 is 0 Å². The van der Waals surface area contributed by atoms with Crippen molar-refractivity contribution in [2.75, 3.05) is 12.4 Å². The van der Waals surface area contributed by atoms with Crippen LogP contribution in [0.25, 0.3) is 0 Å². The largest absolute Gasteiger partial charge is 0.382 e. The van der Waals surface area contributed by atoms with E-state index in [0.29, 0.717) is 17.8 Å². The first-order valence-corrected chi connectivity index (χ1v) is 5.39. The van der Waals surface area contributed by atoms with Gasteiger partial charge in [0.05, 0.1) is 11.5 Å². The minimum atomic E-state index is -0.447. The number of nitriles is 1. The van der Waals surface area contributed by atoms with Gasteiger partial charge in [-0.2, -0.15) is 5.26 Å². The van der Waals surface area contributed by atoms with E-state index < -0.39 is 4.92 Å². The molecule has 1 heterocycles. The molecule has 2 rings (SSSR count). The summed E-state index contributed by atoms with van der Waals surface area (Å²) in [5.74, 6) is 0.0661. The summed E-state index contributed by atoms with van der Waals surface area (Å²) in [7, 11) is 1.62. The van der Waals surface area contributed by atoms with Crippen LogP contribution in [-0.4, -0.2) is 26.7 Å². The molecule has 0 fully saturated rings. The molecule has 1 N–H and O–H groups in total. The fourth-order valence-electron chi connectivity index (χ4n) is 1.76. The molecule has 8 nitrogen and oxygen atoms in total. The number of hydrogen-bond donors (Lipinski definition) is 1. The maximum Gasteiger partial charge on any atom is 0.292 e. The number of nitro groups is 1. The molecule has 1 aromatic carbocycles. The lowest BCUT2D eigenvalue weighted by Gasteiger charge is -2.09. The first-order valence-electron chi connectivity index (χ1n) is 5.39. The van der Waals surface area contributed by atoms with Gasteiger partial charge in [0.1, 0.15) is 18.1 Å². The summed E-state index contributed by atoms with van der Waals surface area (Å²) < 4.78 is 1.46. The van der Waals surface area contributed by atoms with E-state index in [9.17, 15) is 10.1 Å². The van der Waals surface area contributed by atoms with E-state index in [1.165, 1.54) is 17.1 Å². The van der Waals surface area contributed by atoms with Crippen molar-refractivity contribution in [1.82, 2.24) is 14.8 Å². The van der Waals surface area contributed by atoms with E-state index in [-0.39, 0.29) is 11.5 Å². The Bertz CT molecular complexity index is 657.